The molecule has 1 N–H and O–H groups in total. The summed E-state index contributed by atoms with van der Waals surface area (Å²) < 4.78 is 0. The summed E-state index contributed by atoms with van der Waals surface area (Å²) in [4.78, 5) is 8.32. The van der Waals surface area contributed by atoms with Crippen LogP contribution in [0, 0.1) is 18.3 Å². The van der Waals surface area contributed by atoms with Crippen molar-refractivity contribution in [3.05, 3.63) is 52.6 Å². The minimum Gasteiger partial charge on any atom is -0.379 e. The van der Waals surface area contributed by atoms with Crippen LogP contribution in [0.4, 0.5) is 5.69 Å². The van der Waals surface area contributed by atoms with Crippen LogP contribution in [-0.2, 0) is 6.54 Å². The second-order valence-electron chi connectivity index (χ2n) is 3.76. The highest BCUT2D eigenvalue weighted by molar-refractivity contribution is 6.32. The molecule has 0 bridgehead atoms. The van der Waals surface area contributed by atoms with Gasteiger partial charge in [-0.25, -0.2) is 9.97 Å². The Morgan fingerprint density at radius 3 is 2.89 bits per heavy atom. The summed E-state index contributed by atoms with van der Waals surface area (Å²) in [6, 6.07) is 9.11. The number of nitrogens with one attached hydrogen (secondary N) is 1. The van der Waals surface area contributed by atoms with Crippen molar-refractivity contribution in [2.45, 2.75) is 13.5 Å². The summed E-state index contributed by atoms with van der Waals surface area (Å²) in [5.74, 6) is 0.743. The van der Waals surface area contributed by atoms with Gasteiger partial charge in [0.2, 0.25) is 0 Å². The van der Waals surface area contributed by atoms with Crippen LogP contribution in [-0.4, -0.2) is 9.97 Å². The van der Waals surface area contributed by atoms with Gasteiger partial charge in [-0.2, -0.15) is 5.26 Å². The lowest BCUT2D eigenvalue weighted by molar-refractivity contribution is 0.955. The van der Waals surface area contributed by atoms with Gasteiger partial charge in [-0.05, 0) is 31.2 Å². The Balaban J connectivity index is 2.07. The minimum absolute atomic E-state index is 0.446. The first kappa shape index (κ1) is 12.3. The van der Waals surface area contributed by atoms with Gasteiger partial charge >= 0.3 is 0 Å². The zero-order valence-electron chi connectivity index (χ0n) is 9.81. The molecule has 0 spiro atoms. The average molecular weight is 259 g/mol. The van der Waals surface area contributed by atoms with Gasteiger partial charge in [-0.15, -0.1) is 0 Å². The summed E-state index contributed by atoms with van der Waals surface area (Å²) in [5, 5.41) is 12.4. The first-order chi connectivity index (χ1) is 8.69. The third-order valence-corrected chi connectivity index (χ3v) is 2.71. The molecule has 2 aromatic rings. The zero-order valence-corrected chi connectivity index (χ0v) is 10.6. The van der Waals surface area contributed by atoms with Gasteiger partial charge in [0.1, 0.15) is 11.9 Å². The smallest absolute Gasteiger partial charge is 0.125 e. The van der Waals surface area contributed by atoms with E-state index in [-0.39, 0.29) is 0 Å². The Kier molecular flexibility index (Phi) is 3.75. The Bertz CT molecular complexity index is 604. The largest absolute Gasteiger partial charge is 0.379 e. The number of hydrogen-bond acceptors (Lipinski definition) is 4. The standard InChI is InChI=1S/C13H11ClN4/c1-9-16-5-4-12(18-9)8-17-11-3-2-10(7-15)13(14)6-11/h2-6,17H,8H2,1H3. The highest BCUT2D eigenvalue weighted by Crippen LogP contribution is 2.20. The van der Waals surface area contributed by atoms with Gasteiger partial charge in [-0.1, -0.05) is 11.6 Å². The Hall–Kier alpha value is -2.12. The van der Waals surface area contributed by atoms with Crippen molar-refractivity contribution in [2.24, 2.45) is 0 Å². The Morgan fingerprint density at radius 2 is 2.22 bits per heavy atom. The number of rotatable bonds is 3. The fourth-order valence-corrected chi connectivity index (χ4v) is 1.73. The number of anilines is 1. The average Bonchev–Trinajstić information content (AvgIpc) is 2.37. The molecule has 1 heterocycles. The predicted octanol–water partition coefficient (Wildman–Crippen LogP) is 2.92. The van der Waals surface area contributed by atoms with Crippen molar-refractivity contribution in [3.8, 4) is 6.07 Å². The molecule has 0 saturated heterocycles. The SMILES string of the molecule is Cc1nccc(CNc2ccc(C#N)c(Cl)c2)n1. The lowest BCUT2D eigenvalue weighted by Gasteiger charge is -2.07. The molecule has 2 rings (SSSR count). The summed E-state index contributed by atoms with van der Waals surface area (Å²) in [6.07, 6.45) is 1.73. The molecule has 1 aromatic heterocycles. The van der Waals surface area contributed by atoms with Crippen molar-refractivity contribution in [1.82, 2.24) is 9.97 Å². The number of hydrogen-bond donors (Lipinski definition) is 1. The third-order valence-electron chi connectivity index (χ3n) is 2.40. The van der Waals surface area contributed by atoms with Crippen LogP contribution in [0.25, 0.3) is 0 Å². The van der Waals surface area contributed by atoms with Crippen molar-refractivity contribution < 1.29 is 0 Å². The van der Waals surface area contributed by atoms with E-state index in [4.69, 9.17) is 16.9 Å². The molecule has 0 unspecified atom stereocenters. The van der Waals surface area contributed by atoms with Gasteiger partial charge in [0.15, 0.2) is 0 Å². The molecule has 18 heavy (non-hydrogen) atoms. The van der Waals surface area contributed by atoms with Gasteiger partial charge in [0.25, 0.3) is 0 Å². The lowest BCUT2D eigenvalue weighted by atomic mass is 10.2. The van der Waals surface area contributed by atoms with Crippen LogP contribution >= 0.6 is 11.6 Å². The number of halogens is 1. The predicted molar refractivity (Wildman–Crippen MR) is 70.3 cm³/mol. The van der Waals surface area contributed by atoms with Crippen LogP contribution < -0.4 is 5.32 Å². The molecule has 0 aliphatic rings. The lowest BCUT2D eigenvalue weighted by Crippen LogP contribution is -2.03. The van der Waals surface area contributed by atoms with E-state index in [0.717, 1.165) is 17.2 Å². The quantitative estimate of drug-likeness (QED) is 0.920. The second kappa shape index (κ2) is 5.48. The highest BCUT2D eigenvalue weighted by atomic mass is 35.5. The number of benzene rings is 1. The van der Waals surface area contributed by atoms with E-state index in [1.807, 2.05) is 25.1 Å². The molecule has 0 aliphatic heterocycles. The van der Waals surface area contributed by atoms with E-state index in [1.54, 1.807) is 18.3 Å². The molecular formula is C13H11ClN4. The summed E-state index contributed by atoms with van der Waals surface area (Å²) in [5.41, 5.74) is 2.23. The number of nitrogens with zero attached hydrogens (tertiary/aromatic N) is 3. The topological polar surface area (TPSA) is 61.6 Å². The molecule has 0 amide bonds. The maximum atomic E-state index is 8.78. The minimum atomic E-state index is 0.446. The maximum absolute atomic E-state index is 8.78. The Labute approximate surface area is 110 Å². The molecule has 0 fully saturated rings. The summed E-state index contributed by atoms with van der Waals surface area (Å²) in [7, 11) is 0. The van der Waals surface area contributed by atoms with Crippen molar-refractivity contribution in [1.29, 1.82) is 5.26 Å². The van der Waals surface area contributed by atoms with Gasteiger partial charge in [0, 0.05) is 11.9 Å². The summed E-state index contributed by atoms with van der Waals surface area (Å²) in [6.45, 7) is 2.44. The first-order valence-electron chi connectivity index (χ1n) is 5.41. The van der Waals surface area contributed by atoms with Crippen LogP contribution in [0.1, 0.15) is 17.1 Å². The zero-order chi connectivity index (χ0) is 13.0. The molecule has 90 valence electrons. The van der Waals surface area contributed by atoms with Crippen LogP contribution in [0.5, 0.6) is 0 Å². The van der Waals surface area contributed by atoms with Crippen LogP contribution in [0.2, 0.25) is 5.02 Å². The first-order valence-corrected chi connectivity index (χ1v) is 5.79. The number of aromatic nitrogens is 2. The normalized spacial score (nSPS) is 9.83. The number of nitriles is 1. The maximum Gasteiger partial charge on any atom is 0.125 e. The monoisotopic (exact) mass is 258 g/mol. The molecular weight excluding hydrogens is 248 g/mol. The third kappa shape index (κ3) is 2.96. The van der Waals surface area contributed by atoms with E-state index in [0.29, 0.717) is 17.1 Å². The van der Waals surface area contributed by atoms with Crippen LogP contribution in [0.15, 0.2) is 30.5 Å². The summed E-state index contributed by atoms with van der Waals surface area (Å²) >= 11 is 5.95. The fraction of sp³-hybridized carbons (Fsp3) is 0.154. The molecule has 1 aromatic carbocycles. The van der Waals surface area contributed by atoms with Gasteiger partial charge < -0.3 is 5.32 Å². The van der Waals surface area contributed by atoms with E-state index in [2.05, 4.69) is 15.3 Å². The number of aryl methyl sites for hydroxylation is 1. The molecule has 4 nitrogen and oxygen atoms in total. The van der Waals surface area contributed by atoms with E-state index in [1.165, 1.54) is 0 Å². The fourth-order valence-electron chi connectivity index (χ4n) is 1.51. The van der Waals surface area contributed by atoms with Gasteiger partial charge in [0.05, 0.1) is 22.8 Å². The van der Waals surface area contributed by atoms with E-state index < -0.39 is 0 Å². The Morgan fingerprint density at radius 1 is 1.39 bits per heavy atom. The van der Waals surface area contributed by atoms with E-state index in [9.17, 15) is 0 Å². The van der Waals surface area contributed by atoms with Crippen molar-refractivity contribution in [3.63, 3.8) is 0 Å². The van der Waals surface area contributed by atoms with E-state index >= 15 is 0 Å². The molecule has 0 aliphatic carbocycles. The molecule has 0 radical (unpaired) electrons. The highest BCUT2D eigenvalue weighted by Gasteiger charge is 2.01. The van der Waals surface area contributed by atoms with Crippen LogP contribution in [0.3, 0.4) is 0 Å². The molecule has 0 atom stereocenters. The van der Waals surface area contributed by atoms with Crippen molar-refractivity contribution >= 4 is 17.3 Å². The van der Waals surface area contributed by atoms with Crippen molar-refractivity contribution in [2.75, 3.05) is 5.32 Å². The molecule has 0 saturated carbocycles. The second-order valence-corrected chi connectivity index (χ2v) is 4.16. The molecule has 5 heteroatoms. The van der Waals surface area contributed by atoms with Gasteiger partial charge in [-0.3, -0.25) is 0 Å².